The van der Waals surface area contributed by atoms with Gasteiger partial charge in [-0.25, -0.2) is 0 Å². The summed E-state index contributed by atoms with van der Waals surface area (Å²) in [5.41, 5.74) is 0.984. The van der Waals surface area contributed by atoms with Crippen molar-refractivity contribution in [1.29, 1.82) is 5.26 Å². The minimum Gasteiger partial charge on any atom is -0.381 e. The van der Waals surface area contributed by atoms with Crippen molar-refractivity contribution in [2.75, 3.05) is 5.32 Å². The number of alkyl halides is 3. The molecule has 0 bridgehead atoms. The molecule has 0 heterocycles. The first kappa shape index (κ1) is 15.4. The lowest BCUT2D eigenvalue weighted by molar-refractivity contribution is -0.138. The van der Waals surface area contributed by atoms with Gasteiger partial charge in [-0.3, -0.25) is 0 Å². The molecule has 0 amide bonds. The molecule has 0 aliphatic carbocycles. The lowest BCUT2D eigenvalue weighted by Crippen LogP contribution is -2.07. The Labute approximate surface area is 128 Å². The summed E-state index contributed by atoms with van der Waals surface area (Å²) in [4.78, 5) is 0. The molecule has 2 nitrogen and oxygen atoms in total. The van der Waals surface area contributed by atoms with Crippen LogP contribution in [0, 0.1) is 11.3 Å². The standard InChI is InChI=1S/C15H10BrF3N2/c16-14-5-4-12(7-13(14)15(17,18)19)21-9-11-3-1-2-10(6-11)8-20/h1-7,21H,9H2. The number of benzene rings is 2. The van der Waals surface area contributed by atoms with E-state index in [0.717, 1.165) is 11.6 Å². The third kappa shape index (κ3) is 3.99. The van der Waals surface area contributed by atoms with Crippen LogP contribution in [0.3, 0.4) is 0 Å². The maximum absolute atomic E-state index is 12.8. The number of anilines is 1. The van der Waals surface area contributed by atoms with Crippen LogP contribution in [0.4, 0.5) is 18.9 Å². The topological polar surface area (TPSA) is 35.8 Å². The van der Waals surface area contributed by atoms with Gasteiger partial charge in [0, 0.05) is 16.7 Å². The molecule has 1 N–H and O–H groups in total. The Morgan fingerprint density at radius 3 is 2.57 bits per heavy atom. The van der Waals surface area contributed by atoms with Gasteiger partial charge in [-0.1, -0.05) is 28.1 Å². The fourth-order valence-corrected chi connectivity index (χ4v) is 2.28. The summed E-state index contributed by atoms with van der Waals surface area (Å²) in [5, 5.41) is 11.7. The van der Waals surface area contributed by atoms with Gasteiger partial charge in [-0.15, -0.1) is 0 Å². The highest BCUT2D eigenvalue weighted by Gasteiger charge is 2.33. The Balaban J connectivity index is 2.15. The summed E-state index contributed by atoms with van der Waals surface area (Å²) < 4.78 is 38.4. The highest BCUT2D eigenvalue weighted by Crippen LogP contribution is 2.36. The zero-order valence-electron chi connectivity index (χ0n) is 10.7. The smallest absolute Gasteiger partial charge is 0.381 e. The van der Waals surface area contributed by atoms with E-state index in [1.807, 2.05) is 6.07 Å². The second-order valence-electron chi connectivity index (χ2n) is 4.36. The monoisotopic (exact) mass is 354 g/mol. The van der Waals surface area contributed by atoms with Gasteiger partial charge in [0.2, 0.25) is 0 Å². The predicted molar refractivity (Wildman–Crippen MR) is 77.6 cm³/mol. The Morgan fingerprint density at radius 1 is 1.14 bits per heavy atom. The molecule has 108 valence electrons. The Morgan fingerprint density at radius 2 is 1.90 bits per heavy atom. The summed E-state index contributed by atoms with van der Waals surface area (Å²) >= 11 is 2.90. The SMILES string of the molecule is N#Cc1cccc(CNc2ccc(Br)c(C(F)(F)F)c2)c1. The van der Waals surface area contributed by atoms with E-state index >= 15 is 0 Å². The van der Waals surface area contributed by atoms with Gasteiger partial charge in [0.05, 0.1) is 17.2 Å². The van der Waals surface area contributed by atoms with Crippen molar-refractivity contribution in [3.8, 4) is 6.07 Å². The minimum absolute atomic E-state index is 0.00651. The van der Waals surface area contributed by atoms with Crippen LogP contribution < -0.4 is 5.32 Å². The minimum atomic E-state index is -4.41. The van der Waals surface area contributed by atoms with Crippen LogP contribution in [-0.2, 0) is 12.7 Å². The number of hydrogen-bond donors (Lipinski definition) is 1. The van der Waals surface area contributed by atoms with Crippen LogP contribution in [0.2, 0.25) is 0 Å². The molecule has 0 saturated carbocycles. The molecule has 0 spiro atoms. The first-order valence-electron chi connectivity index (χ1n) is 6.00. The fourth-order valence-electron chi connectivity index (χ4n) is 1.81. The summed E-state index contributed by atoms with van der Waals surface area (Å²) in [7, 11) is 0. The molecule has 0 aliphatic rings. The molecule has 2 rings (SSSR count). The zero-order chi connectivity index (χ0) is 15.5. The van der Waals surface area contributed by atoms with Crippen LogP contribution in [0.15, 0.2) is 46.9 Å². The summed E-state index contributed by atoms with van der Waals surface area (Å²) in [6, 6.07) is 12.9. The first-order valence-corrected chi connectivity index (χ1v) is 6.79. The van der Waals surface area contributed by atoms with Crippen LogP contribution >= 0.6 is 15.9 Å². The van der Waals surface area contributed by atoms with Crippen molar-refractivity contribution < 1.29 is 13.2 Å². The van der Waals surface area contributed by atoms with Crippen LogP contribution in [0.5, 0.6) is 0 Å². The van der Waals surface area contributed by atoms with Crippen molar-refractivity contribution in [1.82, 2.24) is 0 Å². The quantitative estimate of drug-likeness (QED) is 0.846. The van der Waals surface area contributed by atoms with Crippen LogP contribution in [0.25, 0.3) is 0 Å². The van der Waals surface area contributed by atoms with E-state index in [-0.39, 0.29) is 4.47 Å². The molecule has 0 atom stereocenters. The second-order valence-corrected chi connectivity index (χ2v) is 5.21. The third-order valence-electron chi connectivity index (χ3n) is 2.82. The lowest BCUT2D eigenvalue weighted by Gasteiger charge is -2.12. The highest BCUT2D eigenvalue weighted by molar-refractivity contribution is 9.10. The first-order chi connectivity index (χ1) is 9.90. The van der Waals surface area contributed by atoms with Crippen molar-refractivity contribution in [3.63, 3.8) is 0 Å². The van der Waals surface area contributed by atoms with E-state index in [1.165, 1.54) is 6.07 Å². The van der Waals surface area contributed by atoms with Gasteiger partial charge in [0.25, 0.3) is 0 Å². The third-order valence-corrected chi connectivity index (χ3v) is 3.52. The highest BCUT2D eigenvalue weighted by atomic mass is 79.9. The van der Waals surface area contributed by atoms with Gasteiger partial charge in [-0.2, -0.15) is 18.4 Å². The number of hydrogen-bond acceptors (Lipinski definition) is 2. The summed E-state index contributed by atoms with van der Waals surface area (Å²) in [6.07, 6.45) is -4.41. The van der Waals surface area contributed by atoms with Gasteiger partial charge < -0.3 is 5.32 Å². The molecular weight excluding hydrogens is 345 g/mol. The largest absolute Gasteiger partial charge is 0.417 e. The fraction of sp³-hybridized carbons (Fsp3) is 0.133. The number of nitrogens with one attached hydrogen (secondary N) is 1. The van der Waals surface area contributed by atoms with Crippen molar-refractivity contribution >= 4 is 21.6 Å². The van der Waals surface area contributed by atoms with E-state index in [4.69, 9.17) is 5.26 Å². The molecule has 0 unspecified atom stereocenters. The molecule has 0 aromatic heterocycles. The number of rotatable bonds is 3. The van der Waals surface area contributed by atoms with Crippen LogP contribution in [-0.4, -0.2) is 0 Å². The average Bonchev–Trinajstić information content (AvgIpc) is 2.45. The van der Waals surface area contributed by atoms with E-state index in [9.17, 15) is 13.2 Å². The zero-order valence-corrected chi connectivity index (χ0v) is 12.3. The molecule has 6 heteroatoms. The molecule has 0 saturated heterocycles. The molecular formula is C15H10BrF3N2. The molecule has 0 aliphatic heterocycles. The van der Waals surface area contributed by atoms with Crippen molar-refractivity contribution in [2.45, 2.75) is 12.7 Å². The molecule has 2 aromatic carbocycles. The number of halogens is 4. The molecule has 0 radical (unpaired) electrons. The van der Waals surface area contributed by atoms with E-state index in [0.29, 0.717) is 17.8 Å². The molecule has 21 heavy (non-hydrogen) atoms. The van der Waals surface area contributed by atoms with Gasteiger partial charge in [-0.05, 0) is 35.9 Å². The Kier molecular flexibility index (Phi) is 4.53. The van der Waals surface area contributed by atoms with E-state index < -0.39 is 11.7 Å². The number of nitriles is 1. The molecule has 2 aromatic rings. The van der Waals surface area contributed by atoms with Crippen LogP contribution in [0.1, 0.15) is 16.7 Å². The summed E-state index contributed by atoms with van der Waals surface area (Å²) in [6.45, 7) is 0.342. The maximum Gasteiger partial charge on any atom is 0.417 e. The second kappa shape index (κ2) is 6.19. The Bertz CT molecular complexity index is 690. The normalized spacial score (nSPS) is 11.0. The van der Waals surface area contributed by atoms with Gasteiger partial charge >= 0.3 is 6.18 Å². The maximum atomic E-state index is 12.8. The molecule has 0 fully saturated rings. The lowest BCUT2D eigenvalue weighted by atomic mass is 10.1. The number of nitrogens with zero attached hydrogens (tertiary/aromatic N) is 1. The predicted octanol–water partition coefficient (Wildman–Crippen LogP) is 4.95. The van der Waals surface area contributed by atoms with Gasteiger partial charge in [0.1, 0.15) is 0 Å². The van der Waals surface area contributed by atoms with Crippen molar-refractivity contribution in [3.05, 3.63) is 63.6 Å². The van der Waals surface area contributed by atoms with Crippen molar-refractivity contribution in [2.24, 2.45) is 0 Å². The Hall–Kier alpha value is -2.00. The van der Waals surface area contributed by atoms with Gasteiger partial charge in [0.15, 0.2) is 0 Å². The summed E-state index contributed by atoms with van der Waals surface area (Å²) in [5.74, 6) is 0. The average molecular weight is 355 g/mol. The van der Waals surface area contributed by atoms with E-state index in [1.54, 1.807) is 30.3 Å². The van der Waals surface area contributed by atoms with E-state index in [2.05, 4.69) is 21.2 Å².